The van der Waals surface area contributed by atoms with Gasteiger partial charge in [-0.25, -0.2) is 4.79 Å². The molecule has 0 fully saturated rings. The Morgan fingerprint density at radius 1 is 1.40 bits per heavy atom. The molecule has 0 unspecified atom stereocenters. The number of urea groups is 1. The van der Waals surface area contributed by atoms with E-state index in [0.29, 0.717) is 19.0 Å². The predicted octanol–water partition coefficient (Wildman–Crippen LogP) is 3.41. The highest BCUT2D eigenvalue weighted by Crippen LogP contribution is 2.35. The quantitative estimate of drug-likeness (QED) is 0.872. The molecule has 2 aromatic rings. The molecule has 1 aliphatic rings. The number of furan rings is 1. The molecule has 0 saturated carbocycles. The number of methoxy groups -OCH3 is 1. The van der Waals surface area contributed by atoms with Crippen molar-refractivity contribution in [3.8, 4) is 5.75 Å². The minimum Gasteiger partial charge on any atom is -0.493 e. The number of aryl methyl sites for hydroxylation is 2. The van der Waals surface area contributed by atoms with Gasteiger partial charge in [-0.15, -0.1) is 0 Å². The first-order chi connectivity index (χ1) is 12.1. The van der Waals surface area contributed by atoms with Gasteiger partial charge in [0.15, 0.2) is 0 Å². The molecule has 6 nitrogen and oxygen atoms in total. The van der Waals surface area contributed by atoms with E-state index in [1.807, 2.05) is 19.9 Å². The van der Waals surface area contributed by atoms with Gasteiger partial charge in [-0.3, -0.25) is 0 Å². The highest BCUT2D eigenvalue weighted by Gasteiger charge is 2.26. The molecule has 0 saturated heterocycles. The van der Waals surface area contributed by atoms with E-state index in [0.717, 1.165) is 28.9 Å². The van der Waals surface area contributed by atoms with Crippen LogP contribution in [0.15, 0.2) is 34.9 Å². The van der Waals surface area contributed by atoms with Crippen molar-refractivity contribution in [1.29, 1.82) is 0 Å². The first kappa shape index (κ1) is 17.4. The van der Waals surface area contributed by atoms with Crippen LogP contribution in [0.4, 0.5) is 4.79 Å². The van der Waals surface area contributed by atoms with Crippen LogP contribution < -0.4 is 15.4 Å². The number of fused-ring (bicyclic) bond motifs is 1. The molecule has 1 aliphatic heterocycles. The van der Waals surface area contributed by atoms with Crippen LogP contribution >= 0.6 is 0 Å². The second kappa shape index (κ2) is 7.61. The smallest absolute Gasteiger partial charge is 0.315 e. The molecule has 2 amide bonds. The standard InChI is InChI=1S/C19H24N2O4/c1-12-9-13(2)18-14(10-12)15(6-8-25-18)20-19(22)21-16(11-23-3)17-5-4-7-24-17/h4-5,7,9-10,15-16H,6,8,11H2,1-3H3,(H2,20,21,22)/t15-,16+/m1/s1. The lowest BCUT2D eigenvalue weighted by molar-refractivity contribution is 0.155. The third-order valence-corrected chi connectivity index (χ3v) is 4.31. The minimum atomic E-state index is -0.335. The molecular weight excluding hydrogens is 320 g/mol. The first-order valence-electron chi connectivity index (χ1n) is 8.41. The Morgan fingerprint density at radius 3 is 2.96 bits per heavy atom. The average Bonchev–Trinajstić information content (AvgIpc) is 3.09. The van der Waals surface area contributed by atoms with Gasteiger partial charge < -0.3 is 24.5 Å². The third-order valence-electron chi connectivity index (χ3n) is 4.31. The highest BCUT2D eigenvalue weighted by atomic mass is 16.5. The van der Waals surface area contributed by atoms with Crippen molar-refractivity contribution in [3.63, 3.8) is 0 Å². The Bertz CT molecular complexity index is 727. The van der Waals surface area contributed by atoms with Crippen molar-refractivity contribution in [1.82, 2.24) is 10.6 Å². The van der Waals surface area contributed by atoms with Crippen molar-refractivity contribution >= 4 is 6.03 Å². The summed E-state index contributed by atoms with van der Waals surface area (Å²) in [5, 5.41) is 5.97. The average molecular weight is 344 g/mol. The number of benzene rings is 1. The summed E-state index contributed by atoms with van der Waals surface area (Å²) in [5.74, 6) is 1.54. The van der Waals surface area contributed by atoms with Crippen molar-refractivity contribution in [2.45, 2.75) is 32.4 Å². The number of rotatable bonds is 5. The van der Waals surface area contributed by atoms with Gasteiger partial charge in [0.25, 0.3) is 0 Å². The number of hydrogen-bond acceptors (Lipinski definition) is 4. The Morgan fingerprint density at radius 2 is 2.24 bits per heavy atom. The fourth-order valence-corrected chi connectivity index (χ4v) is 3.24. The molecular formula is C19H24N2O4. The molecule has 3 rings (SSSR count). The molecule has 0 aliphatic carbocycles. The predicted molar refractivity (Wildman–Crippen MR) is 93.8 cm³/mol. The van der Waals surface area contributed by atoms with E-state index in [1.54, 1.807) is 19.4 Å². The molecule has 0 spiro atoms. The lowest BCUT2D eigenvalue weighted by Gasteiger charge is -2.29. The van der Waals surface area contributed by atoms with E-state index in [2.05, 4.69) is 22.8 Å². The lowest BCUT2D eigenvalue weighted by atomic mass is 9.96. The minimum absolute atomic E-state index is 0.0813. The summed E-state index contributed by atoms with van der Waals surface area (Å²) in [6.45, 7) is 5.00. The third kappa shape index (κ3) is 3.96. The number of ether oxygens (including phenoxy) is 2. The molecule has 6 heteroatoms. The normalized spacial score (nSPS) is 17.3. The van der Waals surface area contributed by atoms with Gasteiger partial charge in [0.05, 0.1) is 25.5 Å². The fraction of sp³-hybridized carbons (Fsp3) is 0.421. The van der Waals surface area contributed by atoms with E-state index in [4.69, 9.17) is 13.9 Å². The number of hydrogen-bond donors (Lipinski definition) is 2. The maximum atomic E-state index is 12.5. The van der Waals surface area contributed by atoms with Crippen molar-refractivity contribution < 1.29 is 18.7 Å². The zero-order valence-electron chi connectivity index (χ0n) is 14.8. The largest absolute Gasteiger partial charge is 0.493 e. The summed E-state index contributed by atoms with van der Waals surface area (Å²) in [6, 6.07) is 7.10. The van der Waals surface area contributed by atoms with Gasteiger partial charge in [-0.1, -0.05) is 17.7 Å². The topological polar surface area (TPSA) is 72.7 Å². The Labute approximate surface area is 147 Å². The van der Waals surface area contributed by atoms with Crippen LogP contribution in [0.5, 0.6) is 5.75 Å². The summed E-state index contributed by atoms with van der Waals surface area (Å²) in [7, 11) is 1.59. The summed E-state index contributed by atoms with van der Waals surface area (Å²) < 4.78 is 16.4. The molecule has 1 aromatic carbocycles. The van der Waals surface area contributed by atoms with Crippen molar-refractivity contribution in [2.24, 2.45) is 0 Å². The molecule has 0 bridgehead atoms. The first-order valence-corrected chi connectivity index (χ1v) is 8.41. The molecule has 134 valence electrons. The molecule has 0 radical (unpaired) electrons. The Kier molecular flexibility index (Phi) is 5.28. The van der Waals surface area contributed by atoms with Gasteiger partial charge in [0, 0.05) is 19.1 Å². The second-order valence-corrected chi connectivity index (χ2v) is 6.33. The maximum absolute atomic E-state index is 12.5. The molecule has 2 heterocycles. The summed E-state index contributed by atoms with van der Waals surface area (Å²) >= 11 is 0. The Hall–Kier alpha value is -2.47. The summed E-state index contributed by atoms with van der Waals surface area (Å²) in [4.78, 5) is 12.5. The molecule has 25 heavy (non-hydrogen) atoms. The van der Waals surface area contributed by atoms with Gasteiger partial charge in [-0.05, 0) is 31.5 Å². The van der Waals surface area contributed by atoms with E-state index < -0.39 is 0 Å². The van der Waals surface area contributed by atoms with Gasteiger partial charge in [0.1, 0.15) is 17.6 Å². The van der Waals surface area contributed by atoms with Crippen LogP contribution in [-0.2, 0) is 4.74 Å². The number of nitrogens with one attached hydrogen (secondary N) is 2. The monoisotopic (exact) mass is 344 g/mol. The van der Waals surface area contributed by atoms with E-state index >= 15 is 0 Å². The van der Waals surface area contributed by atoms with E-state index in [1.165, 1.54) is 0 Å². The van der Waals surface area contributed by atoms with Crippen molar-refractivity contribution in [2.75, 3.05) is 20.3 Å². The number of carbonyl (C=O) groups excluding carboxylic acids is 1. The van der Waals surface area contributed by atoms with Crippen LogP contribution in [0, 0.1) is 13.8 Å². The van der Waals surface area contributed by atoms with Crippen LogP contribution in [0.25, 0.3) is 0 Å². The van der Waals surface area contributed by atoms with Crippen LogP contribution in [0.1, 0.15) is 41.0 Å². The summed E-state index contributed by atoms with van der Waals surface area (Å²) in [6.07, 6.45) is 2.32. The number of amides is 2. The van der Waals surface area contributed by atoms with Crippen molar-refractivity contribution in [3.05, 3.63) is 53.0 Å². The zero-order valence-corrected chi connectivity index (χ0v) is 14.8. The zero-order chi connectivity index (χ0) is 17.8. The Balaban J connectivity index is 1.72. The summed E-state index contributed by atoms with van der Waals surface area (Å²) in [5.41, 5.74) is 3.27. The highest BCUT2D eigenvalue weighted by molar-refractivity contribution is 5.75. The molecule has 1 aromatic heterocycles. The molecule has 2 atom stereocenters. The van der Waals surface area contributed by atoms with E-state index in [-0.39, 0.29) is 18.1 Å². The van der Waals surface area contributed by atoms with Gasteiger partial charge in [-0.2, -0.15) is 0 Å². The van der Waals surface area contributed by atoms with Crippen LogP contribution in [0.2, 0.25) is 0 Å². The fourth-order valence-electron chi connectivity index (χ4n) is 3.24. The molecule has 2 N–H and O–H groups in total. The second-order valence-electron chi connectivity index (χ2n) is 6.33. The SMILES string of the molecule is COC[C@H](NC(=O)N[C@@H]1CCOc2c(C)cc(C)cc21)c1ccco1. The van der Waals surface area contributed by atoms with E-state index in [9.17, 15) is 4.79 Å². The maximum Gasteiger partial charge on any atom is 0.315 e. The lowest BCUT2D eigenvalue weighted by Crippen LogP contribution is -2.42. The van der Waals surface area contributed by atoms with Crippen LogP contribution in [-0.4, -0.2) is 26.4 Å². The number of carbonyl (C=O) groups is 1. The van der Waals surface area contributed by atoms with Gasteiger partial charge >= 0.3 is 6.03 Å². The van der Waals surface area contributed by atoms with Gasteiger partial charge in [0.2, 0.25) is 0 Å². The van der Waals surface area contributed by atoms with Crippen LogP contribution in [0.3, 0.4) is 0 Å².